The molecule has 0 unspecified atom stereocenters. The fraction of sp³-hybridized carbons (Fsp3) is 0.900. The highest BCUT2D eigenvalue weighted by molar-refractivity contribution is 5.87. The van der Waals surface area contributed by atoms with Crippen LogP contribution in [0.3, 0.4) is 0 Å². The molecule has 0 radical (unpaired) electrons. The molecule has 0 aromatic heterocycles. The van der Waals surface area contributed by atoms with E-state index >= 15 is 0 Å². The molecule has 0 heterocycles. The lowest BCUT2D eigenvalue weighted by Crippen LogP contribution is -2.17. The van der Waals surface area contributed by atoms with Crippen molar-refractivity contribution in [2.45, 2.75) is 51.4 Å². The van der Waals surface area contributed by atoms with Crippen molar-refractivity contribution < 1.29 is 4.79 Å². The zero-order valence-electron chi connectivity index (χ0n) is 7.07. The van der Waals surface area contributed by atoms with E-state index in [9.17, 15) is 4.79 Å². The van der Waals surface area contributed by atoms with Gasteiger partial charge in [-0.1, -0.05) is 19.3 Å². The van der Waals surface area contributed by atoms with Crippen LogP contribution in [0.1, 0.15) is 51.4 Å². The quantitative estimate of drug-likeness (QED) is 0.521. The third-order valence-electron chi connectivity index (χ3n) is 3.25. The molecule has 2 rings (SSSR count). The van der Waals surface area contributed by atoms with E-state index in [2.05, 4.69) is 0 Å². The Morgan fingerprint density at radius 1 is 0.909 bits per heavy atom. The van der Waals surface area contributed by atoms with Crippen LogP contribution in [0.25, 0.3) is 0 Å². The summed E-state index contributed by atoms with van der Waals surface area (Å²) in [5.41, 5.74) is 0.223. The Morgan fingerprint density at radius 3 is 2.36 bits per heavy atom. The monoisotopic (exact) mass is 152 g/mol. The SMILES string of the molecule is O=C1CCCCCCC12CC2. The topological polar surface area (TPSA) is 17.1 Å². The summed E-state index contributed by atoms with van der Waals surface area (Å²) in [4.78, 5) is 11.6. The summed E-state index contributed by atoms with van der Waals surface area (Å²) in [6.45, 7) is 0. The van der Waals surface area contributed by atoms with Crippen molar-refractivity contribution >= 4 is 5.78 Å². The molecule has 11 heavy (non-hydrogen) atoms. The number of rotatable bonds is 0. The fourth-order valence-corrected chi connectivity index (χ4v) is 2.19. The molecule has 0 aliphatic heterocycles. The van der Waals surface area contributed by atoms with E-state index in [1.54, 1.807) is 0 Å². The van der Waals surface area contributed by atoms with Crippen molar-refractivity contribution in [3.8, 4) is 0 Å². The molecule has 0 aromatic rings. The lowest BCUT2D eigenvalue weighted by molar-refractivity contribution is -0.124. The Labute approximate surface area is 68.2 Å². The van der Waals surface area contributed by atoms with Crippen LogP contribution < -0.4 is 0 Å². The highest BCUT2D eigenvalue weighted by atomic mass is 16.1. The molecule has 1 spiro atoms. The van der Waals surface area contributed by atoms with Crippen LogP contribution in [0.2, 0.25) is 0 Å². The molecule has 0 saturated heterocycles. The fourth-order valence-electron chi connectivity index (χ4n) is 2.19. The van der Waals surface area contributed by atoms with Crippen molar-refractivity contribution in [2.24, 2.45) is 5.41 Å². The van der Waals surface area contributed by atoms with Gasteiger partial charge in [-0.25, -0.2) is 0 Å². The van der Waals surface area contributed by atoms with Crippen molar-refractivity contribution in [1.82, 2.24) is 0 Å². The highest BCUT2D eigenvalue weighted by Gasteiger charge is 2.47. The van der Waals surface area contributed by atoms with Crippen molar-refractivity contribution in [1.29, 1.82) is 0 Å². The minimum Gasteiger partial charge on any atom is -0.299 e. The van der Waals surface area contributed by atoms with Gasteiger partial charge in [0.1, 0.15) is 5.78 Å². The van der Waals surface area contributed by atoms with Gasteiger partial charge in [0.2, 0.25) is 0 Å². The Bertz CT molecular complexity index is 168. The molecule has 1 heteroatoms. The highest BCUT2D eigenvalue weighted by Crippen LogP contribution is 2.52. The number of carbonyl (C=O) groups is 1. The Hall–Kier alpha value is -0.330. The molecule has 2 aliphatic carbocycles. The minimum absolute atomic E-state index is 0.223. The lowest BCUT2D eigenvalue weighted by atomic mass is 9.87. The van der Waals surface area contributed by atoms with E-state index in [4.69, 9.17) is 0 Å². The summed E-state index contributed by atoms with van der Waals surface area (Å²) in [7, 11) is 0. The second-order valence-corrected chi connectivity index (χ2v) is 4.12. The van der Waals surface area contributed by atoms with E-state index in [1.165, 1.54) is 38.5 Å². The van der Waals surface area contributed by atoms with Gasteiger partial charge in [-0.15, -0.1) is 0 Å². The average molecular weight is 152 g/mol. The van der Waals surface area contributed by atoms with Gasteiger partial charge in [-0.3, -0.25) is 4.79 Å². The minimum atomic E-state index is 0.223. The number of Topliss-reactive ketones (excluding diaryl/α,β-unsaturated/α-hetero) is 1. The van der Waals surface area contributed by atoms with Gasteiger partial charge in [-0.2, -0.15) is 0 Å². The molecular weight excluding hydrogens is 136 g/mol. The predicted octanol–water partition coefficient (Wildman–Crippen LogP) is 2.69. The third-order valence-corrected chi connectivity index (χ3v) is 3.25. The van der Waals surface area contributed by atoms with Crippen molar-refractivity contribution in [3.05, 3.63) is 0 Å². The molecule has 2 saturated carbocycles. The molecule has 1 nitrogen and oxygen atoms in total. The maximum atomic E-state index is 11.6. The summed E-state index contributed by atoms with van der Waals surface area (Å²) in [6, 6.07) is 0. The summed E-state index contributed by atoms with van der Waals surface area (Å²) in [5, 5.41) is 0. The largest absolute Gasteiger partial charge is 0.299 e. The van der Waals surface area contributed by atoms with Gasteiger partial charge in [0.25, 0.3) is 0 Å². The van der Waals surface area contributed by atoms with Crippen molar-refractivity contribution in [2.75, 3.05) is 0 Å². The molecule has 2 fully saturated rings. The van der Waals surface area contributed by atoms with Gasteiger partial charge in [0, 0.05) is 11.8 Å². The maximum absolute atomic E-state index is 11.6. The smallest absolute Gasteiger partial charge is 0.139 e. The molecular formula is C10H16O. The number of hydrogen-bond acceptors (Lipinski definition) is 1. The first kappa shape index (κ1) is 7.33. The van der Waals surface area contributed by atoms with Gasteiger partial charge < -0.3 is 0 Å². The first-order valence-electron chi connectivity index (χ1n) is 4.87. The van der Waals surface area contributed by atoms with Crippen LogP contribution in [-0.4, -0.2) is 5.78 Å². The van der Waals surface area contributed by atoms with Crippen LogP contribution in [0.5, 0.6) is 0 Å². The average Bonchev–Trinajstić information content (AvgIpc) is 2.74. The molecule has 0 N–H and O–H groups in total. The van der Waals surface area contributed by atoms with Gasteiger partial charge in [-0.05, 0) is 25.7 Å². The number of carbonyl (C=O) groups excluding carboxylic acids is 1. The second kappa shape index (κ2) is 2.62. The van der Waals surface area contributed by atoms with Crippen LogP contribution in [0.4, 0.5) is 0 Å². The van der Waals surface area contributed by atoms with E-state index in [0.717, 1.165) is 12.8 Å². The molecule has 0 atom stereocenters. The second-order valence-electron chi connectivity index (χ2n) is 4.12. The summed E-state index contributed by atoms with van der Waals surface area (Å²) in [6.07, 6.45) is 9.56. The number of ketones is 1. The van der Waals surface area contributed by atoms with E-state index < -0.39 is 0 Å². The Morgan fingerprint density at radius 2 is 1.64 bits per heavy atom. The normalized spacial score (nSPS) is 29.6. The third kappa shape index (κ3) is 1.33. The van der Waals surface area contributed by atoms with Crippen LogP contribution in [0, 0.1) is 5.41 Å². The first-order chi connectivity index (χ1) is 5.33. The standard InChI is InChI=1S/C10H16O/c11-9-5-3-1-2-4-6-10(9)7-8-10/h1-8H2. The molecule has 0 bridgehead atoms. The zero-order valence-corrected chi connectivity index (χ0v) is 7.07. The zero-order chi connectivity index (χ0) is 7.73. The van der Waals surface area contributed by atoms with Crippen LogP contribution >= 0.6 is 0 Å². The van der Waals surface area contributed by atoms with Gasteiger partial charge >= 0.3 is 0 Å². The summed E-state index contributed by atoms with van der Waals surface area (Å²) < 4.78 is 0. The Kier molecular flexibility index (Phi) is 1.74. The molecule has 0 amide bonds. The van der Waals surface area contributed by atoms with Crippen LogP contribution in [0.15, 0.2) is 0 Å². The van der Waals surface area contributed by atoms with E-state index in [-0.39, 0.29) is 5.41 Å². The Balaban J connectivity index is 2.00. The maximum Gasteiger partial charge on any atom is 0.139 e. The molecule has 62 valence electrons. The predicted molar refractivity (Wildman–Crippen MR) is 44.4 cm³/mol. The lowest BCUT2D eigenvalue weighted by Gasteiger charge is -2.16. The first-order valence-corrected chi connectivity index (χ1v) is 4.87. The van der Waals surface area contributed by atoms with Crippen molar-refractivity contribution in [3.63, 3.8) is 0 Å². The summed E-state index contributed by atoms with van der Waals surface area (Å²) >= 11 is 0. The number of hydrogen-bond donors (Lipinski definition) is 0. The van der Waals surface area contributed by atoms with E-state index in [0.29, 0.717) is 5.78 Å². The summed E-state index contributed by atoms with van der Waals surface area (Å²) in [5.74, 6) is 0.581. The molecule has 2 aliphatic rings. The van der Waals surface area contributed by atoms with Gasteiger partial charge in [0.15, 0.2) is 0 Å². The van der Waals surface area contributed by atoms with Crippen LogP contribution in [-0.2, 0) is 4.79 Å². The van der Waals surface area contributed by atoms with E-state index in [1.807, 2.05) is 0 Å². The molecule has 0 aromatic carbocycles. The van der Waals surface area contributed by atoms with Gasteiger partial charge in [0.05, 0.1) is 0 Å².